The zero-order valence-corrected chi connectivity index (χ0v) is 15.8. The molecule has 144 valence electrons. The summed E-state index contributed by atoms with van der Waals surface area (Å²) in [5.41, 5.74) is -1.47. The molecule has 0 aromatic carbocycles. The molecule has 2 heterocycles. The highest BCUT2D eigenvalue weighted by atomic mass is 16.6. The Labute approximate surface area is 152 Å². The lowest BCUT2D eigenvalue weighted by Gasteiger charge is -2.26. The molecule has 1 aliphatic heterocycles. The number of hydrogen-bond donors (Lipinski definition) is 2. The molecule has 1 fully saturated rings. The Morgan fingerprint density at radius 1 is 1.35 bits per heavy atom. The second-order valence-electron chi connectivity index (χ2n) is 6.93. The fourth-order valence-corrected chi connectivity index (χ4v) is 2.77. The van der Waals surface area contributed by atoms with Gasteiger partial charge in [-0.05, 0) is 47.6 Å². The lowest BCUT2D eigenvalue weighted by atomic mass is 10.1. The number of nitrogens with zero attached hydrogens (tertiary/aromatic N) is 3. The summed E-state index contributed by atoms with van der Waals surface area (Å²) < 4.78 is 10.7. The minimum absolute atomic E-state index is 0.00615. The fourth-order valence-electron chi connectivity index (χ4n) is 2.77. The van der Waals surface area contributed by atoms with E-state index in [1.54, 1.807) is 27.7 Å². The number of rotatable bonds is 6. The van der Waals surface area contributed by atoms with E-state index in [0.717, 1.165) is 12.8 Å². The van der Waals surface area contributed by atoms with Crippen LogP contribution >= 0.6 is 0 Å². The van der Waals surface area contributed by atoms with Gasteiger partial charge in [-0.1, -0.05) is 0 Å². The quantitative estimate of drug-likeness (QED) is 0.726. The van der Waals surface area contributed by atoms with Gasteiger partial charge in [0.2, 0.25) is 11.8 Å². The largest absolute Gasteiger partial charge is 0.477 e. The van der Waals surface area contributed by atoms with Crippen LogP contribution < -0.4 is 15.0 Å². The lowest BCUT2D eigenvalue weighted by Crippen LogP contribution is -2.40. The van der Waals surface area contributed by atoms with Crippen molar-refractivity contribution in [3.63, 3.8) is 0 Å². The number of carbonyl (C=O) groups excluding carboxylic acids is 1. The van der Waals surface area contributed by atoms with Gasteiger partial charge in [-0.3, -0.25) is 0 Å². The first-order valence-corrected chi connectivity index (χ1v) is 8.63. The third-order valence-electron chi connectivity index (χ3n) is 3.79. The molecule has 2 N–H and O–H groups in total. The van der Waals surface area contributed by atoms with Crippen molar-refractivity contribution in [1.82, 2.24) is 15.3 Å². The first-order chi connectivity index (χ1) is 12.2. The van der Waals surface area contributed by atoms with Gasteiger partial charge in [0.1, 0.15) is 5.60 Å². The number of ether oxygens (including phenoxy) is 2. The second-order valence-corrected chi connectivity index (χ2v) is 6.93. The predicted octanol–water partition coefficient (Wildman–Crippen LogP) is 1.67. The molecule has 9 heteroatoms. The van der Waals surface area contributed by atoms with Crippen molar-refractivity contribution in [2.45, 2.75) is 52.3 Å². The molecule has 1 aromatic rings. The van der Waals surface area contributed by atoms with Gasteiger partial charge in [-0.25, -0.2) is 14.6 Å². The molecule has 0 amide bonds. The summed E-state index contributed by atoms with van der Waals surface area (Å²) in [4.78, 5) is 34.7. The molecular weight excluding hydrogens is 340 g/mol. The minimum Gasteiger partial charge on any atom is -0.477 e. The molecule has 2 rings (SSSR count). The predicted molar refractivity (Wildman–Crippen MR) is 94.8 cm³/mol. The van der Waals surface area contributed by atoms with E-state index in [1.165, 1.54) is 0 Å². The Balaban J connectivity index is 2.58. The van der Waals surface area contributed by atoms with Crippen LogP contribution in [0.2, 0.25) is 0 Å². The van der Waals surface area contributed by atoms with Crippen molar-refractivity contribution < 1.29 is 24.2 Å². The zero-order valence-electron chi connectivity index (χ0n) is 15.8. The molecule has 0 radical (unpaired) electrons. The van der Waals surface area contributed by atoms with E-state index in [9.17, 15) is 14.7 Å². The monoisotopic (exact) mass is 366 g/mol. The van der Waals surface area contributed by atoms with Gasteiger partial charge in [0.15, 0.2) is 11.3 Å². The van der Waals surface area contributed by atoms with E-state index in [1.807, 2.05) is 11.9 Å². The maximum absolute atomic E-state index is 12.6. The van der Waals surface area contributed by atoms with Gasteiger partial charge in [-0.15, -0.1) is 0 Å². The van der Waals surface area contributed by atoms with E-state index in [0.29, 0.717) is 6.54 Å². The Kier molecular flexibility index (Phi) is 6.01. The van der Waals surface area contributed by atoms with Crippen LogP contribution in [0.15, 0.2) is 0 Å². The number of esters is 1. The molecule has 1 saturated heterocycles. The van der Waals surface area contributed by atoms with Crippen LogP contribution in [0.4, 0.5) is 5.95 Å². The number of carboxylic acid groups (broad SMARTS) is 1. The van der Waals surface area contributed by atoms with Crippen LogP contribution in [0.25, 0.3) is 0 Å². The average molecular weight is 366 g/mol. The van der Waals surface area contributed by atoms with E-state index in [-0.39, 0.29) is 35.9 Å². The molecule has 1 aromatic heterocycles. The third kappa shape index (κ3) is 4.40. The number of nitrogens with one attached hydrogen (secondary N) is 1. The summed E-state index contributed by atoms with van der Waals surface area (Å²) >= 11 is 0. The topological polar surface area (TPSA) is 114 Å². The summed E-state index contributed by atoms with van der Waals surface area (Å²) in [5.74, 6) is -2.05. The minimum atomic E-state index is -1.34. The second kappa shape index (κ2) is 7.86. The Hall–Kier alpha value is -2.42. The van der Waals surface area contributed by atoms with Crippen molar-refractivity contribution >= 4 is 17.9 Å². The number of carbonyl (C=O) groups is 2. The molecule has 1 aliphatic rings. The molecule has 9 nitrogen and oxygen atoms in total. The van der Waals surface area contributed by atoms with Crippen LogP contribution in [0.5, 0.6) is 5.88 Å². The summed E-state index contributed by atoms with van der Waals surface area (Å²) in [5, 5.41) is 12.7. The van der Waals surface area contributed by atoms with Gasteiger partial charge >= 0.3 is 11.9 Å². The fraction of sp³-hybridized carbons (Fsp3) is 0.647. The van der Waals surface area contributed by atoms with Crippen molar-refractivity contribution in [2.75, 3.05) is 25.1 Å². The third-order valence-corrected chi connectivity index (χ3v) is 3.79. The highest BCUT2D eigenvalue weighted by Crippen LogP contribution is 2.28. The lowest BCUT2D eigenvalue weighted by molar-refractivity contribution is 0.00578. The van der Waals surface area contributed by atoms with Crippen LogP contribution in [-0.2, 0) is 4.74 Å². The van der Waals surface area contributed by atoms with Crippen LogP contribution in [0, 0.1) is 0 Å². The van der Waals surface area contributed by atoms with E-state index < -0.39 is 17.5 Å². The van der Waals surface area contributed by atoms with Crippen molar-refractivity contribution in [1.29, 1.82) is 0 Å². The van der Waals surface area contributed by atoms with Crippen LogP contribution in [-0.4, -0.2) is 59.0 Å². The van der Waals surface area contributed by atoms with E-state index in [4.69, 9.17) is 9.47 Å². The molecule has 26 heavy (non-hydrogen) atoms. The number of aromatic nitrogens is 2. The number of aromatic carboxylic acids is 1. The smallest absolute Gasteiger partial charge is 0.358 e. The number of anilines is 1. The summed E-state index contributed by atoms with van der Waals surface area (Å²) in [6.07, 6.45) is 1.83. The van der Waals surface area contributed by atoms with E-state index >= 15 is 0 Å². The first-order valence-electron chi connectivity index (χ1n) is 8.63. The summed E-state index contributed by atoms with van der Waals surface area (Å²) in [6, 6.07) is 0. The van der Waals surface area contributed by atoms with Gasteiger partial charge in [0.05, 0.1) is 12.8 Å². The van der Waals surface area contributed by atoms with Gasteiger partial charge in [-0.2, -0.15) is 4.98 Å². The summed E-state index contributed by atoms with van der Waals surface area (Å²) in [6.45, 7) is 7.72. The normalized spacial score (nSPS) is 17.3. The Morgan fingerprint density at radius 2 is 2.04 bits per heavy atom. The average Bonchev–Trinajstić information content (AvgIpc) is 3.01. The standard InChI is InChI=1S/C17H26N4O5/c1-6-25-13-11(14(22)23)12(15(24)26-17(2,3)4)19-16(20-13)21-9-7-8-10(21)18-5/h10,18H,6-9H2,1-5H3,(H,22,23). The van der Waals surface area contributed by atoms with Crippen LogP contribution in [0.3, 0.4) is 0 Å². The first kappa shape index (κ1) is 19.9. The molecule has 0 saturated carbocycles. The molecule has 1 atom stereocenters. The summed E-state index contributed by atoms with van der Waals surface area (Å²) in [7, 11) is 1.83. The highest BCUT2D eigenvalue weighted by Gasteiger charge is 2.33. The van der Waals surface area contributed by atoms with Crippen molar-refractivity contribution in [3.8, 4) is 5.88 Å². The maximum atomic E-state index is 12.6. The molecular formula is C17H26N4O5. The SMILES string of the molecule is CCOc1nc(N2CCCC2NC)nc(C(=O)OC(C)(C)C)c1C(=O)O. The van der Waals surface area contributed by atoms with Crippen LogP contribution in [0.1, 0.15) is 61.4 Å². The number of hydrogen-bond acceptors (Lipinski definition) is 8. The number of carboxylic acids is 1. The molecule has 0 aliphatic carbocycles. The molecule has 1 unspecified atom stereocenters. The molecule has 0 spiro atoms. The zero-order chi connectivity index (χ0) is 19.5. The maximum Gasteiger partial charge on any atom is 0.358 e. The molecule has 0 bridgehead atoms. The van der Waals surface area contributed by atoms with Crippen molar-refractivity contribution in [3.05, 3.63) is 11.3 Å². The van der Waals surface area contributed by atoms with Gasteiger partial charge < -0.3 is 24.8 Å². The van der Waals surface area contributed by atoms with Gasteiger partial charge in [0, 0.05) is 6.54 Å². The Bertz CT molecular complexity index is 686. The highest BCUT2D eigenvalue weighted by molar-refractivity contribution is 6.03. The van der Waals surface area contributed by atoms with E-state index in [2.05, 4.69) is 15.3 Å². The van der Waals surface area contributed by atoms with Crippen molar-refractivity contribution in [2.24, 2.45) is 0 Å². The van der Waals surface area contributed by atoms with Gasteiger partial charge in [0.25, 0.3) is 0 Å². The Morgan fingerprint density at radius 3 is 2.58 bits per heavy atom.